The number of nitrogens with one attached hydrogen (secondary N) is 1. The predicted octanol–water partition coefficient (Wildman–Crippen LogP) is 2.85. The van der Waals surface area contributed by atoms with Gasteiger partial charge in [0.2, 0.25) is 0 Å². The van der Waals surface area contributed by atoms with Gasteiger partial charge in [-0.3, -0.25) is 9.88 Å². The minimum Gasteiger partial charge on any atom is -0.491 e. The van der Waals surface area contributed by atoms with Gasteiger partial charge in [-0.2, -0.15) is 0 Å². The Kier molecular flexibility index (Phi) is 4.99. The van der Waals surface area contributed by atoms with Crippen LogP contribution < -0.4 is 10.1 Å². The third-order valence-electron chi connectivity index (χ3n) is 5.28. The molecule has 4 heteroatoms. The molecular weight excluding hydrogens is 310 g/mol. The van der Waals surface area contributed by atoms with E-state index < -0.39 is 0 Å². The normalized spacial score (nSPS) is 23.2. The molecule has 2 aliphatic rings. The Morgan fingerprint density at radius 2 is 2.00 bits per heavy atom. The van der Waals surface area contributed by atoms with E-state index in [2.05, 4.69) is 45.5 Å². The number of pyridine rings is 1. The highest BCUT2D eigenvalue weighted by molar-refractivity contribution is 5.27. The first-order chi connectivity index (χ1) is 12.3. The third-order valence-corrected chi connectivity index (χ3v) is 5.28. The molecule has 2 atom stereocenters. The zero-order valence-electron chi connectivity index (χ0n) is 14.9. The average molecular weight is 337 g/mol. The third kappa shape index (κ3) is 4.39. The van der Waals surface area contributed by atoms with Crippen LogP contribution in [0.1, 0.15) is 23.6 Å². The zero-order valence-corrected chi connectivity index (χ0v) is 14.9. The molecule has 132 valence electrons. The van der Waals surface area contributed by atoms with Crippen LogP contribution in [0.5, 0.6) is 5.75 Å². The molecule has 0 radical (unpaired) electrons. The molecule has 4 nitrogen and oxygen atoms in total. The van der Waals surface area contributed by atoms with Gasteiger partial charge in [-0.1, -0.05) is 30.3 Å². The number of benzene rings is 1. The lowest BCUT2D eigenvalue weighted by Gasteiger charge is -2.39. The van der Waals surface area contributed by atoms with Crippen molar-refractivity contribution in [2.45, 2.75) is 25.3 Å². The van der Waals surface area contributed by atoms with Crippen molar-refractivity contribution >= 4 is 0 Å². The first-order valence-electron chi connectivity index (χ1n) is 9.34. The van der Waals surface area contributed by atoms with E-state index in [-0.39, 0.29) is 0 Å². The van der Waals surface area contributed by atoms with Gasteiger partial charge in [0.15, 0.2) is 0 Å². The molecule has 4 rings (SSSR count). The highest BCUT2D eigenvalue weighted by Gasteiger charge is 2.38. The molecular formula is C21H27N3O. The summed E-state index contributed by atoms with van der Waals surface area (Å²) in [6.07, 6.45) is 3.09. The Hall–Kier alpha value is -1.91. The Balaban J connectivity index is 1.08. The van der Waals surface area contributed by atoms with Crippen LogP contribution >= 0.6 is 0 Å². The fourth-order valence-corrected chi connectivity index (χ4v) is 3.63. The predicted molar refractivity (Wildman–Crippen MR) is 100.0 cm³/mol. The molecule has 2 heterocycles. The fourth-order valence-electron chi connectivity index (χ4n) is 3.63. The van der Waals surface area contributed by atoms with Crippen molar-refractivity contribution in [2.24, 2.45) is 5.92 Å². The molecule has 0 bridgehead atoms. The summed E-state index contributed by atoms with van der Waals surface area (Å²) < 4.78 is 5.75. The van der Waals surface area contributed by atoms with Gasteiger partial charge in [0, 0.05) is 43.8 Å². The maximum atomic E-state index is 5.75. The number of likely N-dealkylation sites (tertiary alicyclic amines) is 1. The minimum atomic E-state index is 0.689. The maximum absolute atomic E-state index is 5.75. The summed E-state index contributed by atoms with van der Waals surface area (Å²) in [6.45, 7) is 7.25. The van der Waals surface area contributed by atoms with Crippen molar-refractivity contribution in [3.63, 3.8) is 0 Å². The Morgan fingerprint density at radius 1 is 1.16 bits per heavy atom. The quantitative estimate of drug-likeness (QED) is 0.804. The second kappa shape index (κ2) is 7.54. The first kappa shape index (κ1) is 16.6. The Bertz CT molecular complexity index is 667. The van der Waals surface area contributed by atoms with Crippen molar-refractivity contribution in [1.29, 1.82) is 0 Å². The van der Waals surface area contributed by atoms with Gasteiger partial charge in [-0.25, -0.2) is 0 Å². The summed E-state index contributed by atoms with van der Waals surface area (Å²) in [5, 5.41) is 3.75. The second-order valence-electron chi connectivity index (χ2n) is 7.38. The summed E-state index contributed by atoms with van der Waals surface area (Å²) >= 11 is 0. The van der Waals surface area contributed by atoms with Crippen molar-refractivity contribution in [3.05, 3.63) is 59.9 Å². The van der Waals surface area contributed by atoms with Crippen LogP contribution in [0.2, 0.25) is 0 Å². The van der Waals surface area contributed by atoms with Gasteiger partial charge in [-0.15, -0.1) is 0 Å². The number of rotatable bonds is 8. The number of aryl methyl sites for hydroxylation is 1. The molecule has 2 fully saturated rings. The minimum absolute atomic E-state index is 0.689. The fraction of sp³-hybridized carbons (Fsp3) is 0.476. The molecule has 1 N–H and O–H groups in total. The smallest absolute Gasteiger partial charge is 0.137 e. The van der Waals surface area contributed by atoms with E-state index in [1.165, 1.54) is 25.1 Å². The van der Waals surface area contributed by atoms with Gasteiger partial charge in [0.1, 0.15) is 12.4 Å². The van der Waals surface area contributed by atoms with Crippen molar-refractivity contribution in [3.8, 4) is 5.75 Å². The number of hydrogen-bond acceptors (Lipinski definition) is 4. The van der Waals surface area contributed by atoms with Crippen molar-refractivity contribution < 1.29 is 4.74 Å². The van der Waals surface area contributed by atoms with Crippen LogP contribution in [0.4, 0.5) is 0 Å². The van der Waals surface area contributed by atoms with Crippen LogP contribution in [-0.4, -0.2) is 48.7 Å². The molecule has 25 heavy (non-hydrogen) atoms. The van der Waals surface area contributed by atoms with Crippen molar-refractivity contribution in [2.75, 3.05) is 32.8 Å². The van der Waals surface area contributed by atoms with Gasteiger partial charge in [0.25, 0.3) is 0 Å². The summed E-state index contributed by atoms with van der Waals surface area (Å²) in [4.78, 5) is 6.72. The topological polar surface area (TPSA) is 37.4 Å². The molecule has 1 aliphatic carbocycles. The molecule has 0 spiro atoms. The molecule has 1 aromatic carbocycles. The van der Waals surface area contributed by atoms with E-state index >= 15 is 0 Å². The largest absolute Gasteiger partial charge is 0.491 e. The Labute approximate surface area is 150 Å². The number of nitrogens with zero attached hydrogens (tertiary/aromatic N) is 2. The summed E-state index contributed by atoms with van der Waals surface area (Å²) in [5.41, 5.74) is 2.51. The molecule has 1 saturated heterocycles. The lowest BCUT2D eigenvalue weighted by Crippen LogP contribution is -2.52. The monoisotopic (exact) mass is 337 g/mol. The molecule has 1 aromatic heterocycles. The van der Waals surface area contributed by atoms with Crippen molar-refractivity contribution in [1.82, 2.24) is 15.2 Å². The summed E-state index contributed by atoms with van der Waals surface area (Å²) in [6, 6.07) is 15.5. The van der Waals surface area contributed by atoms with Crippen LogP contribution in [-0.2, 0) is 0 Å². The van der Waals surface area contributed by atoms with Crippen LogP contribution in [0, 0.1) is 12.8 Å². The lowest BCUT2D eigenvalue weighted by atomic mass is 10.0. The second-order valence-corrected chi connectivity index (χ2v) is 7.38. The summed E-state index contributed by atoms with van der Waals surface area (Å²) in [5.74, 6) is 2.39. The van der Waals surface area contributed by atoms with Gasteiger partial charge < -0.3 is 10.1 Å². The zero-order chi connectivity index (χ0) is 17.1. The van der Waals surface area contributed by atoms with Gasteiger partial charge in [-0.05, 0) is 37.0 Å². The van der Waals surface area contributed by atoms with E-state index in [0.717, 1.165) is 43.0 Å². The molecule has 0 amide bonds. The maximum Gasteiger partial charge on any atom is 0.137 e. The van der Waals surface area contributed by atoms with E-state index in [1.54, 1.807) is 6.20 Å². The molecule has 0 unspecified atom stereocenters. The van der Waals surface area contributed by atoms with Crippen LogP contribution in [0.25, 0.3) is 0 Å². The SMILES string of the molecule is Cc1ccc(OCCN2CC(CN[C@@H]3C[C@H]3c3ccccc3)C2)cn1. The molecule has 2 aromatic rings. The van der Waals surface area contributed by atoms with Gasteiger partial charge in [0.05, 0.1) is 6.20 Å². The lowest BCUT2D eigenvalue weighted by molar-refractivity contribution is 0.0819. The average Bonchev–Trinajstić information content (AvgIpc) is 3.38. The van der Waals surface area contributed by atoms with E-state index in [1.807, 2.05) is 19.1 Å². The van der Waals surface area contributed by atoms with Crippen LogP contribution in [0.15, 0.2) is 48.7 Å². The van der Waals surface area contributed by atoms with E-state index in [4.69, 9.17) is 4.74 Å². The highest BCUT2D eigenvalue weighted by Crippen LogP contribution is 2.40. The standard InChI is InChI=1S/C21H27N3O/c1-16-7-8-19(13-22-16)25-10-9-24-14-17(15-24)12-23-21-11-20(21)18-5-3-2-4-6-18/h2-8,13,17,20-21,23H,9-12,14-15H2,1H3/t20-,21+/m0/s1. The van der Waals surface area contributed by atoms with E-state index in [9.17, 15) is 0 Å². The summed E-state index contributed by atoms with van der Waals surface area (Å²) in [7, 11) is 0. The van der Waals surface area contributed by atoms with E-state index in [0.29, 0.717) is 6.04 Å². The molecule has 1 aliphatic heterocycles. The number of hydrogen-bond donors (Lipinski definition) is 1. The first-order valence-corrected chi connectivity index (χ1v) is 9.34. The number of aromatic nitrogens is 1. The highest BCUT2D eigenvalue weighted by atomic mass is 16.5. The molecule has 1 saturated carbocycles. The van der Waals surface area contributed by atoms with Crippen LogP contribution in [0.3, 0.4) is 0 Å². The Morgan fingerprint density at radius 3 is 2.76 bits per heavy atom. The number of ether oxygens (including phenoxy) is 1. The van der Waals surface area contributed by atoms with Gasteiger partial charge >= 0.3 is 0 Å².